The molecule has 3 aromatic carbocycles. The Hall–Kier alpha value is -2.91. The third kappa shape index (κ3) is 2.52. The summed E-state index contributed by atoms with van der Waals surface area (Å²) in [5.74, 6) is 0.649. The molecule has 0 bridgehead atoms. The summed E-state index contributed by atoms with van der Waals surface area (Å²) in [5, 5.41) is 12.0. The maximum absolute atomic E-state index is 12.0. The second-order valence-corrected chi connectivity index (χ2v) is 6.61. The molecule has 0 saturated carbocycles. The second kappa shape index (κ2) is 6.43. The van der Waals surface area contributed by atoms with E-state index in [9.17, 15) is 5.11 Å². The highest BCUT2D eigenvalue weighted by molar-refractivity contribution is 5.76. The van der Waals surface area contributed by atoms with Crippen LogP contribution in [0.15, 0.2) is 78.9 Å². The third-order valence-electron chi connectivity index (χ3n) is 4.96. The van der Waals surface area contributed by atoms with Crippen LogP contribution in [0.3, 0.4) is 0 Å². The summed E-state index contributed by atoms with van der Waals surface area (Å²) in [5.41, 5.74) is 3.41. The molecule has 1 heterocycles. The predicted molar refractivity (Wildman–Crippen MR) is 105 cm³/mol. The van der Waals surface area contributed by atoms with E-state index in [0.29, 0.717) is 5.82 Å². The average Bonchev–Trinajstić information content (AvgIpc) is 3.07. The highest BCUT2D eigenvalue weighted by Gasteiger charge is 2.38. The molecule has 0 amide bonds. The first kappa shape index (κ1) is 16.6. The molecule has 1 atom stereocenters. The number of aryl methyl sites for hydroxylation is 2. The molecule has 3 heteroatoms. The number of aliphatic hydroxyl groups is 1. The lowest BCUT2D eigenvalue weighted by atomic mass is 9.85. The molecule has 0 aliphatic rings. The number of para-hydroxylation sites is 2. The van der Waals surface area contributed by atoms with E-state index in [0.717, 1.165) is 34.3 Å². The third-order valence-corrected chi connectivity index (χ3v) is 4.96. The van der Waals surface area contributed by atoms with Gasteiger partial charge in [-0.2, -0.15) is 0 Å². The van der Waals surface area contributed by atoms with Crippen LogP contribution in [0.1, 0.15) is 29.4 Å². The van der Waals surface area contributed by atoms with Crippen LogP contribution in [-0.4, -0.2) is 14.7 Å². The second-order valence-electron chi connectivity index (χ2n) is 6.61. The topological polar surface area (TPSA) is 38.0 Å². The molecular weight excluding hydrogens is 320 g/mol. The van der Waals surface area contributed by atoms with Crippen LogP contribution in [0.2, 0.25) is 0 Å². The molecule has 1 N–H and O–H groups in total. The van der Waals surface area contributed by atoms with E-state index in [1.54, 1.807) is 0 Å². The molecule has 0 radical (unpaired) electrons. The highest BCUT2D eigenvalue weighted by Crippen LogP contribution is 2.37. The minimum Gasteiger partial charge on any atom is -0.373 e. The van der Waals surface area contributed by atoms with Crippen molar-refractivity contribution in [3.63, 3.8) is 0 Å². The van der Waals surface area contributed by atoms with Gasteiger partial charge in [-0.15, -0.1) is 0 Å². The first-order valence-electron chi connectivity index (χ1n) is 8.95. The molecule has 0 aliphatic heterocycles. The van der Waals surface area contributed by atoms with Crippen LogP contribution in [0.25, 0.3) is 11.0 Å². The van der Waals surface area contributed by atoms with Gasteiger partial charge in [-0.1, -0.05) is 72.3 Å². The summed E-state index contributed by atoms with van der Waals surface area (Å²) >= 11 is 0. The normalized spacial score (nSPS) is 13.7. The summed E-state index contributed by atoms with van der Waals surface area (Å²) < 4.78 is 2.10. The lowest BCUT2D eigenvalue weighted by Crippen LogP contribution is -2.32. The molecule has 1 aromatic heterocycles. The van der Waals surface area contributed by atoms with Gasteiger partial charge in [-0.05, 0) is 37.1 Å². The zero-order chi connectivity index (χ0) is 18.1. The number of rotatable bonds is 4. The van der Waals surface area contributed by atoms with Gasteiger partial charge in [0.05, 0.1) is 11.0 Å². The van der Waals surface area contributed by atoms with Crippen molar-refractivity contribution in [2.45, 2.75) is 26.0 Å². The Kier molecular flexibility index (Phi) is 4.09. The van der Waals surface area contributed by atoms with Gasteiger partial charge in [0.25, 0.3) is 0 Å². The Morgan fingerprint density at radius 1 is 0.846 bits per heavy atom. The van der Waals surface area contributed by atoms with Crippen molar-refractivity contribution < 1.29 is 5.11 Å². The van der Waals surface area contributed by atoms with E-state index in [4.69, 9.17) is 4.98 Å². The number of fused-ring (bicyclic) bond motifs is 1. The average molecular weight is 342 g/mol. The Balaban J connectivity index is 2.05. The minimum atomic E-state index is -1.32. The largest absolute Gasteiger partial charge is 0.373 e. The van der Waals surface area contributed by atoms with Gasteiger partial charge in [-0.3, -0.25) is 0 Å². The molecule has 0 aliphatic carbocycles. The van der Waals surface area contributed by atoms with Crippen molar-refractivity contribution in [3.05, 3.63) is 101 Å². The quantitative estimate of drug-likeness (QED) is 0.586. The van der Waals surface area contributed by atoms with Crippen molar-refractivity contribution in [1.82, 2.24) is 9.55 Å². The lowest BCUT2D eigenvalue weighted by Gasteiger charge is -2.29. The Bertz CT molecular complexity index is 1030. The smallest absolute Gasteiger partial charge is 0.173 e. The number of benzene rings is 3. The molecular formula is C23H22N2O. The summed E-state index contributed by atoms with van der Waals surface area (Å²) in [6.07, 6.45) is 0. The molecule has 4 aromatic rings. The molecule has 130 valence electrons. The van der Waals surface area contributed by atoms with Crippen LogP contribution in [0.4, 0.5) is 0 Å². The van der Waals surface area contributed by atoms with Crippen molar-refractivity contribution >= 4 is 11.0 Å². The van der Waals surface area contributed by atoms with Crippen molar-refractivity contribution in [2.75, 3.05) is 0 Å². The molecule has 26 heavy (non-hydrogen) atoms. The first-order valence-corrected chi connectivity index (χ1v) is 8.95. The van der Waals surface area contributed by atoms with Crippen LogP contribution in [-0.2, 0) is 12.1 Å². The number of hydrogen-bond acceptors (Lipinski definition) is 2. The molecule has 0 spiro atoms. The first-order chi connectivity index (χ1) is 12.6. The summed E-state index contributed by atoms with van der Waals surface area (Å²) in [6.45, 7) is 4.86. The van der Waals surface area contributed by atoms with Crippen molar-refractivity contribution in [3.8, 4) is 0 Å². The fraction of sp³-hybridized carbons (Fsp3) is 0.174. The summed E-state index contributed by atoms with van der Waals surface area (Å²) in [7, 11) is 0. The van der Waals surface area contributed by atoms with Gasteiger partial charge in [-0.25, -0.2) is 4.98 Å². The van der Waals surface area contributed by atoms with Crippen LogP contribution in [0.5, 0.6) is 0 Å². The minimum absolute atomic E-state index is 0.649. The van der Waals surface area contributed by atoms with E-state index in [1.807, 2.05) is 79.7 Å². The zero-order valence-corrected chi connectivity index (χ0v) is 15.1. The van der Waals surface area contributed by atoms with E-state index < -0.39 is 5.60 Å². The van der Waals surface area contributed by atoms with Gasteiger partial charge in [0.15, 0.2) is 11.4 Å². The molecule has 3 nitrogen and oxygen atoms in total. The Morgan fingerprint density at radius 2 is 1.46 bits per heavy atom. The van der Waals surface area contributed by atoms with Crippen LogP contribution < -0.4 is 0 Å². The SMILES string of the molecule is CCn1c([C@@](O)(c2ccccc2)c2ccc(C)cc2)nc2ccccc21. The number of hydrogen-bond donors (Lipinski definition) is 1. The Labute approximate surface area is 153 Å². The fourth-order valence-corrected chi connectivity index (χ4v) is 3.57. The zero-order valence-electron chi connectivity index (χ0n) is 15.1. The summed E-state index contributed by atoms with van der Waals surface area (Å²) in [6, 6.07) is 25.8. The molecule has 0 unspecified atom stereocenters. The van der Waals surface area contributed by atoms with Crippen LogP contribution in [0, 0.1) is 6.92 Å². The standard InChI is InChI=1S/C23H22N2O/c1-3-25-21-12-8-7-11-20(21)24-22(25)23(26,18-9-5-4-6-10-18)19-15-13-17(2)14-16-19/h4-16,26H,3H2,1-2H3/t23-/m1/s1. The van der Waals surface area contributed by atoms with Crippen molar-refractivity contribution in [1.29, 1.82) is 0 Å². The van der Waals surface area contributed by atoms with Gasteiger partial charge >= 0.3 is 0 Å². The maximum atomic E-state index is 12.0. The Morgan fingerprint density at radius 3 is 2.15 bits per heavy atom. The predicted octanol–water partition coefficient (Wildman–Crippen LogP) is 4.65. The van der Waals surface area contributed by atoms with E-state index in [2.05, 4.69) is 17.6 Å². The van der Waals surface area contributed by atoms with Gasteiger partial charge in [0.1, 0.15) is 0 Å². The van der Waals surface area contributed by atoms with Gasteiger partial charge in [0, 0.05) is 6.54 Å². The van der Waals surface area contributed by atoms with Crippen LogP contribution >= 0.6 is 0 Å². The molecule has 0 fully saturated rings. The number of nitrogens with zero attached hydrogens (tertiary/aromatic N) is 2. The fourth-order valence-electron chi connectivity index (χ4n) is 3.57. The number of aromatic nitrogens is 2. The van der Waals surface area contributed by atoms with Gasteiger partial charge in [0.2, 0.25) is 0 Å². The lowest BCUT2D eigenvalue weighted by molar-refractivity contribution is 0.112. The maximum Gasteiger partial charge on any atom is 0.173 e. The molecule has 0 saturated heterocycles. The van der Waals surface area contributed by atoms with Gasteiger partial charge < -0.3 is 9.67 Å². The van der Waals surface area contributed by atoms with E-state index in [1.165, 1.54) is 0 Å². The monoisotopic (exact) mass is 342 g/mol. The highest BCUT2D eigenvalue weighted by atomic mass is 16.3. The van der Waals surface area contributed by atoms with Crippen molar-refractivity contribution in [2.24, 2.45) is 0 Å². The van der Waals surface area contributed by atoms with E-state index >= 15 is 0 Å². The number of imidazole rings is 1. The molecule has 4 rings (SSSR count). The summed E-state index contributed by atoms with van der Waals surface area (Å²) in [4.78, 5) is 4.84. The van der Waals surface area contributed by atoms with E-state index in [-0.39, 0.29) is 0 Å².